The van der Waals surface area contributed by atoms with Crippen molar-refractivity contribution in [1.82, 2.24) is 13.9 Å². The number of amides is 1. The van der Waals surface area contributed by atoms with Gasteiger partial charge in [-0.1, -0.05) is 0 Å². The molecule has 2 heterocycles. The lowest BCUT2D eigenvalue weighted by Crippen LogP contribution is -2.12. The number of carbonyl (C=O) groups is 1. The quantitative estimate of drug-likeness (QED) is 0.807. The molecule has 1 N–H and O–H groups in total. The van der Waals surface area contributed by atoms with Crippen LogP contribution in [0.1, 0.15) is 21.9 Å². The maximum Gasteiger partial charge on any atom is 0.275 e. The Labute approximate surface area is 126 Å². The topological polar surface area (TPSA) is 59.8 Å². The highest BCUT2D eigenvalue weighted by Crippen LogP contribution is 2.17. The summed E-state index contributed by atoms with van der Waals surface area (Å²) in [4.78, 5) is 16.2. The molecule has 0 radical (unpaired) electrons. The minimum Gasteiger partial charge on any atom is -0.321 e. The van der Waals surface area contributed by atoms with E-state index < -0.39 is 0 Å². The summed E-state index contributed by atoms with van der Waals surface area (Å²) in [7, 11) is 0. The van der Waals surface area contributed by atoms with Gasteiger partial charge in [0.05, 0.1) is 12.0 Å². The minimum absolute atomic E-state index is 0.196. The number of hydrogen-bond donors (Lipinski definition) is 1. The maximum absolute atomic E-state index is 11.9. The number of benzene rings is 1. The zero-order chi connectivity index (χ0) is 14.8. The molecule has 0 saturated carbocycles. The molecule has 0 fully saturated rings. The highest BCUT2D eigenvalue weighted by molar-refractivity contribution is 7.03. The van der Waals surface area contributed by atoms with Crippen LogP contribution in [0.4, 0.5) is 5.69 Å². The van der Waals surface area contributed by atoms with Crippen LogP contribution in [-0.4, -0.2) is 19.8 Å². The van der Waals surface area contributed by atoms with Crippen molar-refractivity contribution in [3.63, 3.8) is 0 Å². The van der Waals surface area contributed by atoms with Gasteiger partial charge in [-0.15, -0.1) is 0 Å². The molecule has 0 aliphatic carbocycles. The van der Waals surface area contributed by atoms with Crippen LogP contribution in [0.15, 0.2) is 42.0 Å². The molecule has 0 saturated heterocycles. The Morgan fingerprint density at radius 1 is 1.19 bits per heavy atom. The molecule has 3 aromatic rings. The lowest BCUT2D eigenvalue weighted by atomic mass is 10.2. The predicted molar refractivity (Wildman–Crippen MR) is 83.1 cm³/mol. The van der Waals surface area contributed by atoms with Crippen molar-refractivity contribution in [1.29, 1.82) is 0 Å². The normalized spacial score (nSPS) is 10.6. The number of carbonyl (C=O) groups excluding carboxylic acids is 1. The summed E-state index contributed by atoms with van der Waals surface area (Å²) < 4.78 is 6.02. The fourth-order valence-corrected chi connectivity index (χ4v) is 2.50. The first-order valence-corrected chi connectivity index (χ1v) is 7.31. The highest BCUT2D eigenvalue weighted by atomic mass is 32.1. The van der Waals surface area contributed by atoms with E-state index in [0.717, 1.165) is 22.8 Å². The van der Waals surface area contributed by atoms with Crippen LogP contribution in [0.2, 0.25) is 0 Å². The van der Waals surface area contributed by atoms with E-state index in [1.165, 1.54) is 11.5 Å². The second kappa shape index (κ2) is 5.49. The number of anilines is 1. The van der Waals surface area contributed by atoms with Gasteiger partial charge < -0.3 is 9.88 Å². The number of aromatic nitrogens is 3. The van der Waals surface area contributed by atoms with Gasteiger partial charge in [-0.05, 0) is 55.7 Å². The van der Waals surface area contributed by atoms with Crippen molar-refractivity contribution in [3.05, 3.63) is 59.1 Å². The van der Waals surface area contributed by atoms with Crippen molar-refractivity contribution >= 4 is 23.1 Å². The Bertz CT molecular complexity index is 760. The van der Waals surface area contributed by atoms with Gasteiger partial charge in [0.15, 0.2) is 0 Å². The molecule has 106 valence electrons. The standard InChI is InChI=1S/C15H14N4OS/c1-10-11(2)19(9-16-10)13-5-3-12(4-6-13)17-15(20)14-7-8-21-18-14/h3-9H,1-2H3,(H,17,20). The molecule has 0 unspecified atom stereocenters. The third-order valence-electron chi connectivity index (χ3n) is 3.33. The van der Waals surface area contributed by atoms with E-state index in [9.17, 15) is 4.79 Å². The van der Waals surface area contributed by atoms with Crippen LogP contribution in [0.25, 0.3) is 5.69 Å². The Kier molecular flexibility index (Phi) is 3.53. The molecule has 6 heteroatoms. The first-order chi connectivity index (χ1) is 10.1. The summed E-state index contributed by atoms with van der Waals surface area (Å²) in [5, 5.41) is 4.60. The SMILES string of the molecule is Cc1ncn(-c2ccc(NC(=O)c3ccsn3)cc2)c1C. The van der Waals surface area contributed by atoms with Gasteiger partial charge in [0, 0.05) is 22.4 Å². The third-order valence-corrected chi connectivity index (χ3v) is 3.89. The average Bonchev–Trinajstić information content (AvgIpc) is 3.12. The number of imidazole rings is 1. The monoisotopic (exact) mass is 298 g/mol. The van der Waals surface area contributed by atoms with E-state index in [-0.39, 0.29) is 5.91 Å². The zero-order valence-electron chi connectivity index (χ0n) is 11.7. The van der Waals surface area contributed by atoms with Gasteiger partial charge in [-0.25, -0.2) is 4.98 Å². The summed E-state index contributed by atoms with van der Waals surface area (Å²) in [6.45, 7) is 4.01. The van der Waals surface area contributed by atoms with Crippen molar-refractivity contribution in [2.75, 3.05) is 5.32 Å². The van der Waals surface area contributed by atoms with Gasteiger partial charge in [0.25, 0.3) is 5.91 Å². The van der Waals surface area contributed by atoms with Crippen LogP contribution in [0.5, 0.6) is 0 Å². The Morgan fingerprint density at radius 3 is 2.52 bits per heavy atom. The molecule has 0 atom stereocenters. The molecule has 0 bridgehead atoms. The molecule has 2 aromatic heterocycles. The van der Waals surface area contributed by atoms with E-state index in [1.807, 2.05) is 42.7 Å². The van der Waals surface area contributed by atoms with E-state index in [0.29, 0.717) is 5.69 Å². The summed E-state index contributed by atoms with van der Waals surface area (Å²) in [5.74, 6) is -0.196. The number of hydrogen-bond acceptors (Lipinski definition) is 4. The van der Waals surface area contributed by atoms with Crippen molar-refractivity contribution < 1.29 is 4.79 Å². The number of nitrogens with one attached hydrogen (secondary N) is 1. The summed E-state index contributed by atoms with van der Waals surface area (Å²) in [6.07, 6.45) is 1.80. The van der Waals surface area contributed by atoms with Crippen molar-refractivity contribution in [3.8, 4) is 5.69 Å². The molecule has 0 spiro atoms. The number of aryl methyl sites for hydroxylation is 1. The van der Waals surface area contributed by atoms with E-state index >= 15 is 0 Å². The van der Waals surface area contributed by atoms with Crippen molar-refractivity contribution in [2.45, 2.75) is 13.8 Å². The molecule has 1 amide bonds. The molecular weight excluding hydrogens is 284 g/mol. The highest BCUT2D eigenvalue weighted by Gasteiger charge is 2.08. The Hall–Kier alpha value is -2.47. The minimum atomic E-state index is -0.196. The van der Waals surface area contributed by atoms with Gasteiger partial charge in [-0.2, -0.15) is 4.37 Å². The van der Waals surface area contributed by atoms with Crippen LogP contribution in [0, 0.1) is 13.8 Å². The summed E-state index contributed by atoms with van der Waals surface area (Å²) >= 11 is 1.26. The second-order valence-corrected chi connectivity index (χ2v) is 5.34. The van der Waals surface area contributed by atoms with Gasteiger partial charge >= 0.3 is 0 Å². The smallest absolute Gasteiger partial charge is 0.275 e. The van der Waals surface area contributed by atoms with Crippen LogP contribution < -0.4 is 5.32 Å². The van der Waals surface area contributed by atoms with E-state index in [2.05, 4.69) is 14.7 Å². The fraction of sp³-hybridized carbons (Fsp3) is 0.133. The average molecular weight is 298 g/mol. The summed E-state index contributed by atoms with van der Waals surface area (Å²) in [5.41, 5.74) is 4.31. The lowest BCUT2D eigenvalue weighted by Gasteiger charge is -2.08. The van der Waals surface area contributed by atoms with Gasteiger partial charge in [0.2, 0.25) is 0 Å². The zero-order valence-corrected chi connectivity index (χ0v) is 12.5. The van der Waals surface area contributed by atoms with Crippen LogP contribution in [0.3, 0.4) is 0 Å². The lowest BCUT2D eigenvalue weighted by molar-refractivity contribution is 0.102. The largest absolute Gasteiger partial charge is 0.321 e. The second-order valence-electron chi connectivity index (χ2n) is 4.67. The molecule has 0 aliphatic rings. The Balaban J connectivity index is 1.78. The predicted octanol–water partition coefficient (Wildman–Crippen LogP) is 3.20. The maximum atomic E-state index is 11.9. The van der Waals surface area contributed by atoms with E-state index in [4.69, 9.17) is 0 Å². The molecule has 3 rings (SSSR count). The van der Waals surface area contributed by atoms with Gasteiger partial charge in [0.1, 0.15) is 5.69 Å². The first kappa shape index (κ1) is 13.5. The summed E-state index contributed by atoms with van der Waals surface area (Å²) in [6, 6.07) is 9.34. The van der Waals surface area contributed by atoms with Crippen molar-refractivity contribution in [2.24, 2.45) is 0 Å². The molecular formula is C15H14N4OS. The first-order valence-electron chi connectivity index (χ1n) is 6.48. The fourth-order valence-electron chi connectivity index (χ4n) is 1.99. The van der Waals surface area contributed by atoms with Crippen LogP contribution >= 0.6 is 11.5 Å². The molecule has 21 heavy (non-hydrogen) atoms. The van der Waals surface area contributed by atoms with Gasteiger partial charge in [-0.3, -0.25) is 4.79 Å². The number of rotatable bonds is 3. The third kappa shape index (κ3) is 2.71. The Morgan fingerprint density at radius 2 is 1.95 bits per heavy atom. The van der Waals surface area contributed by atoms with Crippen LogP contribution in [-0.2, 0) is 0 Å². The van der Waals surface area contributed by atoms with E-state index in [1.54, 1.807) is 17.8 Å². The molecule has 5 nitrogen and oxygen atoms in total. The number of nitrogens with zero attached hydrogens (tertiary/aromatic N) is 3. The molecule has 0 aliphatic heterocycles. The molecule has 1 aromatic carbocycles.